The lowest BCUT2D eigenvalue weighted by Crippen LogP contribution is -2.21. The largest absolute Gasteiger partial charge is 0.494 e. The molecule has 0 saturated carbocycles. The number of aryl methyl sites for hydroxylation is 1. The Labute approximate surface area is 200 Å². The van der Waals surface area contributed by atoms with Crippen LogP contribution in [0, 0.1) is 0 Å². The molecule has 0 amide bonds. The molecule has 1 heterocycles. The number of benzene rings is 1. The second-order valence-electron chi connectivity index (χ2n) is 8.93. The topological polar surface area (TPSA) is 49.7 Å². The van der Waals surface area contributed by atoms with Gasteiger partial charge in [0.05, 0.1) is 25.3 Å². The van der Waals surface area contributed by atoms with E-state index in [4.69, 9.17) is 14.2 Å². The van der Waals surface area contributed by atoms with Crippen LogP contribution in [0.2, 0.25) is 0 Å². The van der Waals surface area contributed by atoms with Crippen molar-refractivity contribution in [3.05, 3.63) is 28.6 Å². The summed E-state index contributed by atoms with van der Waals surface area (Å²) in [7, 11) is 1.79. The van der Waals surface area contributed by atoms with Crippen molar-refractivity contribution in [1.29, 1.82) is 0 Å². The molecule has 0 fully saturated rings. The van der Waals surface area contributed by atoms with Gasteiger partial charge in [-0.2, -0.15) is 0 Å². The molecule has 0 N–H and O–H groups in total. The molecule has 0 aliphatic heterocycles. The molecule has 1 aromatic carbocycles. The van der Waals surface area contributed by atoms with Crippen molar-refractivity contribution in [2.75, 3.05) is 19.8 Å². The minimum atomic E-state index is -0.155. The Morgan fingerprint density at radius 2 is 1.21 bits per heavy atom. The number of hydrogen-bond acceptors (Lipinski definition) is 4. The normalized spacial score (nSPS) is 11.2. The molecule has 5 heteroatoms. The highest BCUT2D eigenvalue weighted by Gasteiger charge is 2.19. The third-order valence-electron chi connectivity index (χ3n) is 6.04. The first-order valence-corrected chi connectivity index (χ1v) is 13.2. The average Bonchev–Trinajstić information content (AvgIpc) is 2.83. The molecule has 0 atom stereocenters. The maximum atomic E-state index is 13.2. The van der Waals surface area contributed by atoms with Crippen molar-refractivity contribution in [2.45, 2.75) is 97.8 Å². The first-order chi connectivity index (χ1) is 16.1. The van der Waals surface area contributed by atoms with E-state index in [9.17, 15) is 4.79 Å². The fourth-order valence-electron chi connectivity index (χ4n) is 3.92. The molecule has 0 unspecified atom stereocenters. The summed E-state index contributed by atoms with van der Waals surface area (Å²) in [6.07, 6.45) is 13.8. The number of fused-ring (bicyclic) bond motifs is 1. The summed E-state index contributed by atoms with van der Waals surface area (Å²) in [6.45, 7) is 8.35. The highest BCUT2D eigenvalue weighted by molar-refractivity contribution is 5.89. The zero-order chi connectivity index (χ0) is 23.9. The smallest absolute Gasteiger partial charge is 0.297 e. The Bertz CT molecular complexity index is 874. The Balaban J connectivity index is 2.17. The van der Waals surface area contributed by atoms with Gasteiger partial charge in [-0.1, -0.05) is 78.6 Å². The number of ether oxygens (including phenoxy) is 3. The van der Waals surface area contributed by atoms with Crippen LogP contribution >= 0.6 is 0 Å². The Kier molecular flexibility index (Phi) is 12.8. The standard InChI is InChI=1S/C28H45NO4/c1-5-8-11-13-14-16-20-31-23-17-18-24-25(22-23)29(4)28(30)27(26(24)32-19-10-7-3)33-21-15-12-9-6-2/h17-18,22H,5-16,19-21H2,1-4H3. The summed E-state index contributed by atoms with van der Waals surface area (Å²) in [5.74, 6) is 1.69. The predicted octanol–water partition coefficient (Wildman–Crippen LogP) is 7.42. The summed E-state index contributed by atoms with van der Waals surface area (Å²) >= 11 is 0. The molecule has 0 spiro atoms. The molecule has 2 aromatic rings. The van der Waals surface area contributed by atoms with E-state index in [-0.39, 0.29) is 5.56 Å². The number of unbranched alkanes of at least 4 members (excludes halogenated alkanes) is 9. The quantitative estimate of drug-likeness (QED) is 0.218. The maximum absolute atomic E-state index is 13.2. The maximum Gasteiger partial charge on any atom is 0.297 e. The Hall–Kier alpha value is -2.17. The van der Waals surface area contributed by atoms with Crippen LogP contribution < -0.4 is 19.8 Å². The molecule has 33 heavy (non-hydrogen) atoms. The zero-order valence-electron chi connectivity index (χ0n) is 21.4. The lowest BCUT2D eigenvalue weighted by Gasteiger charge is -2.17. The van der Waals surface area contributed by atoms with Gasteiger partial charge in [0.15, 0.2) is 5.75 Å². The molecule has 0 aliphatic rings. The predicted molar refractivity (Wildman–Crippen MR) is 138 cm³/mol. The summed E-state index contributed by atoms with van der Waals surface area (Å²) in [5, 5.41) is 0.892. The molecule has 2 rings (SSSR count). The van der Waals surface area contributed by atoms with Crippen molar-refractivity contribution < 1.29 is 14.2 Å². The fraction of sp³-hybridized carbons (Fsp3) is 0.679. The van der Waals surface area contributed by atoms with Gasteiger partial charge in [0, 0.05) is 18.5 Å². The zero-order valence-corrected chi connectivity index (χ0v) is 21.4. The lowest BCUT2D eigenvalue weighted by atomic mass is 10.1. The van der Waals surface area contributed by atoms with Gasteiger partial charge in [-0.05, 0) is 31.4 Å². The number of rotatable bonds is 18. The molecule has 0 aliphatic carbocycles. The highest BCUT2D eigenvalue weighted by Crippen LogP contribution is 2.34. The van der Waals surface area contributed by atoms with Gasteiger partial charge in [-0.15, -0.1) is 0 Å². The average molecular weight is 460 g/mol. The van der Waals surface area contributed by atoms with E-state index in [1.54, 1.807) is 11.6 Å². The number of hydrogen-bond donors (Lipinski definition) is 0. The minimum Gasteiger partial charge on any atom is -0.494 e. The van der Waals surface area contributed by atoms with E-state index < -0.39 is 0 Å². The second kappa shape index (κ2) is 15.6. The van der Waals surface area contributed by atoms with Crippen LogP contribution in [-0.4, -0.2) is 24.4 Å². The molecular weight excluding hydrogens is 414 g/mol. The van der Waals surface area contributed by atoms with Gasteiger partial charge in [0.1, 0.15) is 5.75 Å². The van der Waals surface area contributed by atoms with Crippen LogP contribution in [0.5, 0.6) is 17.2 Å². The fourth-order valence-corrected chi connectivity index (χ4v) is 3.92. The van der Waals surface area contributed by atoms with Gasteiger partial charge >= 0.3 is 0 Å². The molecular formula is C28H45NO4. The first kappa shape index (κ1) is 27.1. The van der Waals surface area contributed by atoms with Gasteiger partial charge in [0.25, 0.3) is 5.56 Å². The van der Waals surface area contributed by atoms with E-state index in [1.165, 1.54) is 44.9 Å². The number of nitrogens with zero attached hydrogens (tertiary/aromatic N) is 1. The van der Waals surface area contributed by atoms with E-state index in [0.717, 1.165) is 48.8 Å². The molecule has 0 radical (unpaired) electrons. The van der Waals surface area contributed by atoms with Crippen molar-refractivity contribution >= 4 is 10.9 Å². The van der Waals surface area contributed by atoms with Crippen LogP contribution in [0.4, 0.5) is 0 Å². The van der Waals surface area contributed by atoms with E-state index >= 15 is 0 Å². The third kappa shape index (κ3) is 8.60. The number of pyridine rings is 1. The van der Waals surface area contributed by atoms with Gasteiger partial charge < -0.3 is 18.8 Å². The Morgan fingerprint density at radius 3 is 1.91 bits per heavy atom. The summed E-state index contributed by atoms with van der Waals surface area (Å²) in [6, 6.07) is 5.92. The molecule has 1 aromatic heterocycles. The van der Waals surface area contributed by atoms with Crippen LogP contribution in [0.15, 0.2) is 23.0 Å². The molecule has 186 valence electrons. The van der Waals surface area contributed by atoms with Crippen LogP contribution in [0.25, 0.3) is 10.9 Å². The lowest BCUT2D eigenvalue weighted by molar-refractivity contribution is 0.258. The van der Waals surface area contributed by atoms with Crippen molar-refractivity contribution in [1.82, 2.24) is 4.57 Å². The summed E-state index contributed by atoms with van der Waals surface area (Å²) in [5.41, 5.74) is 0.655. The Morgan fingerprint density at radius 1 is 0.667 bits per heavy atom. The second-order valence-corrected chi connectivity index (χ2v) is 8.93. The minimum absolute atomic E-state index is 0.155. The third-order valence-corrected chi connectivity index (χ3v) is 6.04. The van der Waals surface area contributed by atoms with Gasteiger partial charge in [0.2, 0.25) is 5.75 Å². The van der Waals surface area contributed by atoms with Crippen LogP contribution in [0.3, 0.4) is 0 Å². The van der Waals surface area contributed by atoms with Gasteiger partial charge in [-0.25, -0.2) is 0 Å². The summed E-state index contributed by atoms with van der Waals surface area (Å²) in [4.78, 5) is 13.2. The molecule has 0 bridgehead atoms. The van der Waals surface area contributed by atoms with Crippen molar-refractivity contribution in [3.63, 3.8) is 0 Å². The SMILES string of the molecule is CCCCCCCCOc1ccc2c(OCCCC)c(OCCCCCC)c(=O)n(C)c2c1. The monoisotopic (exact) mass is 459 g/mol. The molecule has 5 nitrogen and oxygen atoms in total. The van der Waals surface area contributed by atoms with Crippen molar-refractivity contribution in [2.24, 2.45) is 7.05 Å². The van der Waals surface area contributed by atoms with Gasteiger partial charge in [-0.3, -0.25) is 4.79 Å². The van der Waals surface area contributed by atoms with E-state index in [0.29, 0.717) is 31.3 Å². The number of aromatic nitrogens is 1. The van der Waals surface area contributed by atoms with E-state index in [2.05, 4.69) is 20.8 Å². The first-order valence-electron chi connectivity index (χ1n) is 13.2. The van der Waals surface area contributed by atoms with Crippen LogP contribution in [0.1, 0.15) is 97.8 Å². The van der Waals surface area contributed by atoms with Crippen LogP contribution in [-0.2, 0) is 7.05 Å². The highest BCUT2D eigenvalue weighted by atomic mass is 16.5. The summed E-state index contributed by atoms with van der Waals surface area (Å²) < 4.78 is 19.8. The van der Waals surface area contributed by atoms with Crippen molar-refractivity contribution in [3.8, 4) is 17.2 Å². The molecule has 0 saturated heterocycles. The van der Waals surface area contributed by atoms with E-state index in [1.807, 2.05) is 18.2 Å².